The van der Waals surface area contributed by atoms with E-state index in [1.807, 2.05) is 24.4 Å². The Morgan fingerprint density at radius 3 is 2.20 bits per heavy atom. The van der Waals surface area contributed by atoms with Crippen LogP contribution in [0.5, 0.6) is 0 Å². The first-order valence-electron chi connectivity index (χ1n) is 6.03. The van der Waals surface area contributed by atoms with E-state index in [0.717, 1.165) is 10.9 Å². The van der Waals surface area contributed by atoms with Crippen molar-refractivity contribution in [3.63, 3.8) is 0 Å². The van der Waals surface area contributed by atoms with E-state index in [2.05, 4.69) is 18.1 Å². The molecule has 20 heavy (non-hydrogen) atoms. The summed E-state index contributed by atoms with van der Waals surface area (Å²) < 4.78 is 0. The minimum Gasteiger partial charge on any atom is -0.289 e. The van der Waals surface area contributed by atoms with Crippen molar-refractivity contribution in [1.82, 2.24) is 10.5 Å². The van der Waals surface area contributed by atoms with Crippen molar-refractivity contribution in [3.05, 3.63) is 66.5 Å². The van der Waals surface area contributed by atoms with Crippen molar-refractivity contribution >= 4 is 18.0 Å². The number of carbonyl (C=O) groups excluding carboxylic acids is 1. The largest absolute Gasteiger partial charge is 0.289 e. The van der Waals surface area contributed by atoms with Crippen LogP contribution in [0.15, 0.2) is 55.9 Å². The van der Waals surface area contributed by atoms with Crippen LogP contribution < -0.4 is 5.48 Å². The lowest BCUT2D eigenvalue weighted by Gasteiger charge is -1.94. The summed E-state index contributed by atoms with van der Waals surface area (Å²) in [7, 11) is 0. The van der Waals surface area contributed by atoms with Gasteiger partial charge in [-0.1, -0.05) is 49.1 Å². The van der Waals surface area contributed by atoms with Gasteiger partial charge < -0.3 is 0 Å². The average molecular weight is 295 g/mol. The maximum absolute atomic E-state index is 8.81. The Kier molecular flexibility index (Phi) is 11.0. The number of nitrogens with one attached hydrogen (secondary N) is 1. The van der Waals surface area contributed by atoms with E-state index < -0.39 is 0 Å². The molecule has 0 aliphatic heterocycles. The zero-order valence-electron chi connectivity index (χ0n) is 11.2. The van der Waals surface area contributed by atoms with Crippen LogP contribution in [0.3, 0.4) is 0 Å². The number of nitrogens with zero attached hydrogens (tertiary/aromatic N) is 1. The molecular formula is C15H19ClN2O2. The average Bonchev–Trinajstić information content (AvgIpc) is 3.31. The number of hydrogen-bond acceptors (Lipinski definition) is 3. The van der Waals surface area contributed by atoms with E-state index in [-0.39, 0.29) is 6.41 Å². The van der Waals surface area contributed by atoms with Gasteiger partial charge in [0.05, 0.1) is 5.02 Å². The van der Waals surface area contributed by atoms with Crippen LogP contribution in [0, 0.1) is 0 Å². The Balaban J connectivity index is 0.000000312. The smallest absolute Gasteiger partial charge is 0.230 e. The molecular weight excluding hydrogens is 276 g/mol. The van der Waals surface area contributed by atoms with Gasteiger partial charge in [0.15, 0.2) is 0 Å². The molecule has 2 N–H and O–H groups in total. The molecule has 0 spiro atoms. The highest BCUT2D eigenvalue weighted by Gasteiger charge is 2.23. The Morgan fingerprint density at radius 1 is 1.30 bits per heavy atom. The summed E-state index contributed by atoms with van der Waals surface area (Å²) in [6, 6.07) is 2.01. The number of hydrogen-bond donors (Lipinski definition) is 2. The number of carbonyl (C=O) groups is 1. The van der Waals surface area contributed by atoms with Gasteiger partial charge in [0.1, 0.15) is 0 Å². The molecule has 5 heteroatoms. The van der Waals surface area contributed by atoms with Gasteiger partial charge in [-0.2, -0.15) is 0 Å². The van der Waals surface area contributed by atoms with Gasteiger partial charge >= 0.3 is 0 Å². The van der Waals surface area contributed by atoms with Crippen LogP contribution in [-0.2, 0) is 4.79 Å². The van der Waals surface area contributed by atoms with Crippen LogP contribution in [0.1, 0.15) is 24.3 Å². The monoisotopic (exact) mass is 294 g/mol. The number of hydroxylamine groups is 1. The summed E-state index contributed by atoms with van der Waals surface area (Å²) in [4.78, 5) is 12.8. The molecule has 1 amide bonds. The van der Waals surface area contributed by atoms with E-state index in [0.29, 0.717) is 0 Å². The highest BCUT2D eigenvalue weighted by molar-refractivity contribution is 6.30. The molecule has 0 radical (unpaired) electrons. The lowest BCUT2D eigenvalue weighted by atomic mass is 10.2. The SMILES string of the molecule is C=C/C=C\C=C.Clc1cncc(C2CC2)c1.O=CNO. The topological polar surface area (TPSA) is 62.2 Å². The van der Waals surface area contributed by atoms with Gasteiger partial charge in [-0.3, -0.25) is 15.0 Å². The molecule has 1 aliphatic rings. The number of amides is 1. The number of aromatic nitrogens is 1. The van der Waals surface area contributed by atoms with Gasteiger partial charge in [0.2, 0.25) is 6.41 Å². The third-order valence-electron chi connectivity index (χ3n) is 2.21. The fraction of sp³-hybridized carbons (Fsp3) is 0.200. The molecule has 1 saturated carbocycles. The van der Waals surface area contributed by atoms with Crippen molar-refractivity contribution in [3.8, 4) is 0 Å². The Labute approximate surface area is 124 Å². The van der Waals surface area contributed by atoms with Crippen molar-refractivity contribution in [2.24, 2.45) is 0 Å². The van der Waals surface area contributed by atoms with Crippen LogP contribution in [0.2, 0.25) is 5.02 Å². The van der Waals surface area contributed by atoms with Crippen molar-refractivity contribution in [2.75, 3.05) is 0 Å². The lowest BCUT2D eigenvalue weighted by Crippen LogP contribution is -1.99. The molecule has 1 fully saturated rings. The summed E-state index contributed by atoms with van der Waals surface area (Å²) in [5.41, 5.74) is 2.55. The van der Waals surface area contributed by atoms with Gasteiger partial charge in [0, 0.05) is 12.4 Å². The molecule has 2 rings (SSSR count). The fourth-order valence-electron chi connectivity index (χ4n) is 1.23. The van der Waals surface area contributed by atoms with E-state index in [1.165, 1.54) is 23.9 Å². The normalized spacial score (nSPS) is 12.3. The Bertz CT molecular complexity index is 433. The van der Waals surface area contributed by atoms with E-state index >= 15 is 0 Å². The minimum atomic E-state index is 0.181. The minimum absolute atomic E-state index is 0.181. The molecule has 108 valence electrons. The third-order valence-corrected chi connectivity index (χ3v) is 2.42. The second-order valence-electron chi connectivity index (χ2n) is 3.81. The number of halogens is 1. The molecule has 1 heterocycles. The molecule has 0 atom stereocenters. The number of pyridine rings is 1. The summed E-state index contributed by atoms with van der Waals surface area (Å²) in [6.45, 7) is 6.93. The second kappa shape index (κ2) is 12.1. The maximum Gasteiger partial charge on any atom is 0.230 e. The van der Waals surface area contributed by atoms with Crippen molar-refractivity contribution in [2.45, 2.75) is 18.8 Å². The quantitative estimate of drug-likeness (QED) is 0.386. The summed E-state index contributed by atoms with van der Waals surface area (Å²) in [5, 5.41) is 8.01. The summed E-state index contributed by atoms with van der Waals surface area (Å²) >= 11 is 5.75. The molecule has 0 unspecified atom stereocenters. The molecule has 1 aromatic rings. The van der Waals surface area contributed by atoms with E-state index in [1.54, 1.807) is 18.3 Å². The first-order chi connectivity index (χ1) is 9.69. The predicted octanol–water partition coefficient (Wildman–Crippen LogP) is 3.65. The highest BCUT2D eigenvalue weighted by Crippen LogP contribution is 2.40. The molecule has 0 bridgehead atoms. The summed E-state index contributed by atoms with van der Waals surface area (Å²) in [6.07, 6.45) is 13.4. The van der Waals surface area contributed by atoms with Crippen molar-refractivity contribution in [1.29, 1.82) is 0 Å². The third kappa shape index (κ3) is 10.1. The molecule has 1 aromatic heterocycles. The van der Waals surface area contributed by atoms with Gasteiger partial charge in [-0.25, -0.2) is 5.48 Å². The van der Waals surface area contributed by atoms with Crippen LogP contribution in [-0.4, -0.2) is 16.6 Å². The Morgan fingerprint density at radius 2 is 1.85 bits per heavy atom. The summed E-state index contributed by atoms with van der Waals surface area (Å²) in [5.74, 6) is 0.756. The molecule has 0 saturated heterocycles. The highest BCUT2D eigenvalue weighted by atomic mass is 35.5. The first kappa shape index (κ1) is 18.1. The van der Waals surface area contributed by atoms with E-state index in [4.69, 9.17) is 21.6 Å². The lowest BCUT2D eigenvalue weighted by molar-refractivity contribution is -0.116. The molecule has 0 aromatic carbocycles. The Hall–Kier alpha value is -1.91. The van der Waals surface area contributed by atoms with Gasteiger partial charge in [0.25, 0.3) is 0 Å². The van der Waals surface area contributed by atoms with Crippen LogP contribution in [0.4, 0.5) is 0 Å². The predicted molar refractivity (Wildman–Crippen MR) is 81.7 cm³/mol. The zero-order valence-corrected chi connectivity index (χ0v) is 12.0. The fourth-order valence-corrected chi connectivity index (χ4v) is 1.41. The first-order valence-corrected chi connectivity index (χ1v) is 6.41. The van der Waals surface area contributed by atoms with Gasteiger partial charge in [-0.05, 0) is 30.4 Å². The standard InChI is InChI=1S/C8H8ClN.C6H8.CH3NO2/c9-8-3-7(4-10-5-8)6-1-2-6;1-3-5-6-4-2;3-1-2-4/h3-6H,1-2H2;3-6H,1-2H2;1,4H,(H,2,3)/b;6-5-;. The number of rotatable bonds is 4. The van der Waals surface area contributed by atoms with Crippen LogP contribution >= 0.6 is 11.6 Å². The molecule has 4 nitrogen and oxygen atoms in total. The van der Waals surface area contributed by atoms with E-state index in [9.17, 15) is 0 Å². The van der Waals surface area contributed by atoms with Gasteiger partial charge in [-0.15, -0.1) is 0 Å². The molecule has 1 aliphatic carbocycles. The number of allylic oxidation sites excluding steroid dienone is 4. The maximum atomic E-state index is 8.81. The van der Waals surface area contributed by atoms with Crippen molar-refractivity contribution < 1.29 is 10.0 Å². The van der Waals surface area contributed by atoms with Crippen LogP contribution in [0.25, 0.3) is 0 Å². The second-order valence-corrected chi connectivity index (χ2v) is 4.25. The zero-order chi connectivity index (χ0) is 15.2.